The molecule has 4 aliphatic rings. The second-order valence-electron chi connectivity index (χ2n) is 9.49. The summed E-state index contributed by atoms with van der Waals surface area (Å²) in [6, 6.07) is 0. The molecule has 0 amide bonds. The fourth-order valence-electron chi connectivity index (χ4n) is 6.92. The Bertz CT molecular complexity index is 734. The van der Waals surface area contributed by atoms with Gasteiger partial charge in [0, 0.05) is 17.3 Å². The highest BCUT2D eigenvalue weighted by Crippen LogP contribution is 2.66. The van der Waals surface area contributed by atoms with Crippen LogP contribution in [0.4, 0.5) is 0 Å². The molecule has 2 fully saturated rings. The van der Waals surface area contributed by atoms with Gasteiger partial charge in [0.1, 0.15) is 12.2 Å². The molecular weight excluding hydrogens is 328 g/mol. The fourth-order valence-corrected chi connectivity index (χ4v) is 6.92. The second-order valence-corrected chi connectivity index (χ2v) is 9.49. The lowest BCUT2D eigenvalue weighted by Gasteiger charge is -2.54. The van der Waals surface area contributed by atoms with Crippen molar-refractivity contribution in [3.63, 3.8) is 0 Å². The molecule has 0 heterocycles. The van der Waals surface area contributed by atoms with Gasteiger partial charge in [-0.2, -0.15) is 0 Å². The molecule has 6 atom stereocenters. The molecule has 4 aliphatic carbocycles. The number of fused-ring (bicyclic) bond motifs is 5. The predicted octanol–water partition coefficient (Wildman–Crippen LogP) is 2.98. The maximum absolute atomic E-state index is 12.5. The summed E-state index contributed by atoms with van der Waals surface area (Å²) >= 11 is 0. The molecule has 0 radical (unpaired) electrons. The van der Waals surface area contributed by atoms with Crippen LogP contribution in [0.3, 0.4) is 0 Å². The van der Waals surface area contributed by atoms with Gasteiger partial charge in [0.2, 0.25) is 0 Å². The molecule has 1 unspecified atom stereocenters. The van der Waals surface area contributed by atoms with Crippen LogP contribution in [0.2, 0.25) is 0 Å². The molecule has 4 nitrogen and oxygen atoms in total. The van der Waals surface area contributed by atoms with Crippen molar-refractivity contribution < 1.29 is 19.8 Å². The van der Waals surface area contributed by atoms with E-state index in [0.717, 1.165) is 25.7 Å². The van der Waals surface area contributed by atoms with Crippen molar-refractivity contribution in [2.24, 2.45) is 28.6 Å². The van der Waals surface area contributed by atoms with E-state index in [1.807, 2.05) is 19.9 Å². The maximum Gasteiger partial charge on any atom is 0.190 e. The molecule has 26 heavy (non-hydrogen) atoms. The molecule has 0 aromatic heterocycles. The van der Waals surface area contributed by atoms with Crippen molar-refractivity contribution in [1.29, 1.82) is 0 Å². The summed E-state index contributed by atoms with van der Waals surface area (Å²) in [5.41, 5.74) is 0.685. The number of carbonyl (C=O) groups is 2. The van der Waals surface area contributed by atoms with Gasteiger partial charge in [-0.05, 0) is 55.9 Å². The van der Waals surface area contributed by atoms with Crippen molar-refractivity contribution >= 4 is 11.6 Å². The molecular formula is C22H30O4. The van der Waals surface area contributed by atoms with Gasteiger partial charge in [0.15, 0.2) is 11.6 Å². The predicted molar refractivity (Wildman–Crippen MR) is 98.3 cm³/mol. The molecule has 4 rings (SSSR count). The number of allylic oxidation sites excluding steroid dienone is 4. The number of aliphatic hydroxyl groups excluding tert-OH is 1. The molecule has 2 N–H and O–H groups in total. The normalized spacial score (nSPS) is 47.4. The number of rotatable bonds is 2. The van der Waals surface area contributed by atoms with Crippen molar-refractivity contribution in [3.05, 3.63) is 23.3 Å². The van der Waals surface area contributed by atoms with E-state index in [1.165, 1.54) is 11.1 Å². The standard InChI is InChI=1S/C22H30O4/c1-13-10-18-16-5-4-14-11-15(24)6-8-20(14,2)17(16)7-9-21(18,3)22(13,26)19(25)12-23/h7,11,13,16,18,23,26H,4-6,8-10,12H2,1-3H3/t13?,16-,18+,20+,21+,22+/m1/s1. The smallest absolute Gasteiger partial charge is 0.190 e. The number of Topliss-reactive ketones (excluding diaryl/α,β-unsaturated/α-hetero) is 1. The Morgan fingerprint density at radius 3 is 2.73 bits per heavy atom. The summed E-state index contributed by atoms with van der Waals surface area (Å²) in [6.45, 7) is 5.67. The van der Waals surface area contributed by atoms with Crippen molar-refractivity contribution in [2.75, 3.05) is 6.61 Å². The van der Waals surface area contributed by atoms with E-state index < -0.39 is 23.4 Å². The van der Waals surface area contributed by atoms with Gasteiger partial charge in [-0.3, -0.25) is 9.59 Å². The first kappa shape index (κ1) is 18.1. The van der Waals surface area contributed by atoms with Crippen LogP contribution >= 0.6 is 0 Å². The number of hydrogen-bond donors (Lipinski definition) is 2. The van der Waals surface area contributed by atoms with Crippen LogP contribution in [0.15, 0.2) is 23.3 Å². The van der Waals surface area contributed by atoms with Crippen LogP contribution in [0.1, 0.15) is 59.3 Å². The van der Waals surface area contributed by atoms with Gasteiger partial charge in [-0.25, -0.2) is 0 Å². The maximum atomic E-state index is 12.5. The molecule has 142 valence electrons. The van der Waals surface area contributed by atoms with E-state index in [2.05, 4.69) is 13.0 Å². The zero-order valence-electron chi connectivity index (χ0n) is 16.0. The highest BCUT2D eigenvalue weighted by Gasteiger charge is 2.67. The Morgan fingerprint density at radius 1 is 1.31 bits per heavy atom. The van der Waals surface area contributed by atoms with Crippen LogP contribution in [-0.2, 0) is 9.59 Å². The van der Waals surface area contributed by atoms with Crippen molar-refractivity contribution in [3.8, 4) is 0 Å². The molecule has 4 heteroatoms. The summed E-state index contributed by atoms with van der Waals surface area (Å²) in [5, 5.41) is 20.9. The zero-order valence-corrected chi connectivity index (χ0v) is 16.0. The van der Waals surface area contributed by atoms with E-state index in [4.69, 9.17) is 0 Å². The number of aliphatic hydroxyl groups is 2. The lowest BCUT2D eigenvalue weighted by atomic mass is 9.50. The molecule has 2 saturated carbocycles. The first-order valence-corrected chi connectivity index (χ1v) is 9.99. The molecule has 0 aliphatic heterocycles. The van der Waals surface area contributed by atoms with E-state index in [9.17, 15) is 19.8 Å². The average molecular weight is 358 g/mol. The van der Waals surface area contributed by atoms with Gasteiger partial charge in [-0.15, -0.1) is 0 Å². The Labute approximate surface area is 155 Å². The Hall–Kier alpha value is -1.26. The summed E-state index contributed by atoms with van der Waals surface area (Å²) in [7, 11) is 0. The monoisotopic (exact) mass is 358 g/mol. The van der Waals surface area contributed by atoms with Crippen molar-refractivity contribution in [1.82, 2.24) is 0 Å². The summed E-state index contributed by atoms with van der Waals surface area (Å²) < 4.78 is 0. The first-order valence-electron chi connectivity index (χ1n) is 9.99. The van der Waals surface area contributed by atoms with Gasteiger partial charge in [0.25, 0.3) is 0 Å². The molecule has 0 bridgehead atoms. The van der Waals surface area contributed by atoms with E-state index in [0.29, 0.717) is 18.8 Å². The average Bonchev–Trinajstić information content (AvgIpc) is 2.83. The Balaban J connectivity index is 1.78. The highest BCUT2D eigenvalue weighted by molar-refractivity contribution is 5.92. The Kier molecular flexibility index (Phi) is 3.92. The molecule has 0 saturated heterocycles. The quantitative estimate of drug-likeness (QED) is 0.744. The molecule has 0 aromatic rings. The van der Waals surface area contributed by atoms with Gasteiger partial charge < -0.3 is 10.2 Å². The number of carbonyl (C=O) groups excluding carboxylic acids is 2. The Morgan fingerprint density at radius 2 is 2.04 bits per heavy atom. The SMILES string of the molecule is CC1C[C@H]2[C@@H]3CCC4=CC(=O)CC[C@]4(C)C3=CC[C@]2(C)[C@@]1(O)C(=O)CO. The van der Waals surface area contributed by atoms with Crippen molar-refractivity contribution in [2.45, 2.75) is 64.9 Å². The fraction of sp³-hybridized carbons (Fsp3) is 0.727. The molecule has 0 spiro atoms. The zero-order chi connectivity index (χ0) is 18.9. The van der Waals surface area contributed by atoms with Crippen LogP contribution in [0, 0.1) is 28.6 Å². The van der Waals surface area contributed by atoms with Crippen LogP contribution in [0.5, 0.6) is 0 Å². The minimum Gasteiger partial charge on any atom is -0.388 e. The largest absolute Gasteiger partial charge is 0.388 e. The lowest BCUT2D eigenvalue weighted by molar-refractivity contribution is -0.161. The first-order chi connectivity index (χ1) is 12.2. The van der Waals surface area contributed by atoms with Gasteiger partial charge >= 0.3 is 0 Å². The second kappa shape index (κ2) is 5.62. The third-order valence-electron chi connectivity index (χ3n) is 8.49. The third kappa shape index (κ3) is 2.03. The number of hydrogen-bond acceptors (Lipinski definition) is 4. The van der Waals surface area contributed by atoms with Crippen LogP contribution in [-0.4, -0.2) is 34.0 Å². The van der Waals surface area contributed by atoms with E-state index >= 15 is 0 Å². The van der Waals surface area contributed by atoms with E-state index in [1.54, 1.807) is 0 Å². The summed E-state index contributed by atoms with van der Waals surface area (Å²) in [4.78, 5) is 24.4. The summed E-state index contributed by atoms with van der Waals surface area (Å²) in [5.74, 6) is 0.260. The summed E-state index contributed by atoms with van der Waals surface area (Å²) in [6.07, 6.45) is 9.00. The minimum atomic E-state index is -1.45. The third-order valence-corrected chi connectivity index (χ3v) is 8.49. The highest BCUT2D eigenvalue weighted by atomic mass is 16.3. The van der Waals surface area contributed by atoms with E-state index in [-0.39, 0.29) is 23.0 Å². The van der Waals surface area contributed by atoms with Crippen LogP contribution in [0.25, 0.3) is 0 Å². The minimum absolute atomic E-state index is 0.0386. The molecule has 0 aromatic carbocycles. The lowest BCUT2D eigenvalue weighted by Crippen LogP contribution is -2.57. The van der Waals surface area contributed by atoms with Gasteiger partial charge in [-0.1, -0.05) is 38.0 Å². The van der Waals surface area contributed by atoms with Gasteiger partial charge in [0.05, 0.1) is 0 Å². The number of ketones is 2. The topological polar surface area (TPSA) is 74.6 Å². The van der Waals surface area contributed by atoms with Crippen LogP contribution < -0.4 is 0 Å².